The summed E-state index contributed by atoms with van der Waals surface area (Å²) >= 11 is 1.11. The van der Waals surface area contributed by atoms with Crippen molar-refractivity contribution in [3.63, 3.8) is 0 Å². The van der Waals surface area contributed by atoms with Crippen molar-refractivity contribution in [2.75, 3.05) is 4.72 Å². The molecule has 126 valence electrons. The molecule has 5 nitrogen and oxygen atoms in total. The van der Waals surface area contributed by atoms with Crippen LogP contribution < -0.4 is 14.5 Å². The van der Waals surface area contributed by atoms with Crippen LogP contribution in [0.4, 0.5) is 5.69 Å². The average molecular weight is 363 g/mol. The van der Waals surface area contributed by atoms with Gasteiger partial charge in [-0.15, -0.1) is 11.3 Å². The summed E-state index contributed by atoms with van der Waals surface area (Å²) in [6.45, 7) is 7.75. The lowest BCUT2D eigenvalue weighted by atomic mass is 10.2. The molecule has 0 radical (unpaired) electrons. The Bertz CT molecular complexity index is 1010. The van der Waals surface area contributed by atoms with E-state index in [1.807, 2.05) is 26.0 Å². The Morgan fingerprint density at radius 1 is 1.29 bits per heavy atom. The van der Waals surface area contributed by atoms with Crippen molar-refractivity contribution < 1.29 is 18.3 Å². The highest BCUT2D eigenvalue weighted by Crippen LogP contribution is 2.18. The first-order valence-corrected chi connectivity index (χ1v) is 9.29. The maximum absolute atomic E-state index is 12.5. The Balaban J connectivity index is 2.38. The van der Waals surface area contributed by atoms with Crippen LogP contribution >= 0.6 is 11.3 Å². The van der Waals surface area contributed by atoms with E-state index in [2.05, 4.69) is 11.3 Å². The quantitative estimate of drug-likeness (QED) is 0.854. The second-order valence-corrected chi connectivity index (χ2v) is 8.35. The smallest absolute Gasteiger partial charge is 0.335 e. The molecule has 0 spiro atoms. The lowest BCUT2D eigenvalue weighted by molar-refractivity contribution is 0.0697. The fourth-order valence-electron chi connectivity index (χ4n) is 1.85. The number of benzene rings is 1. The molecule has 1 aromatic carbocycles. The number of anilines is 1. The van der Waals surface area contributed by atoms with Crippen LogP contribution in [-0.4, -0.2) is 19.5 Å². The van der Waals surface area contributed by atoms with Gasteiger partial charge >= 0.3 is 5.97 Å². The number of hydrogen-bond acceptors (Lipinski definition) is 4. The van der Waals surface area contributed by atoms with Crippen LogP contribution in [0.1, 0.15) is 24.2 Å². The number of carboxylic acid groups (broad SMARTS) is 1. The summed E-state index contributed by atoms with van der Waals surface area (Å²) in [7, 11) is -3.80. The topological polar surface area (TPSA) is 83.5 Å². The van der Waals surface area contributed by atoms with Crippen LogP contribution in [0.2, 0.25) is 0 Å². The number of carboxylic acids is 1. The number of allylic oxidation sites excluding steroid dienone is 2. The fourth-order valence-corrected chi connectivity index (χ4v) is 4.27. The summed E-state index contributed by atoms with van der Waals surface area (Å²) in [4.78, 5) is 11.0. The number of hydrogen-bond donors (Lipinski definition) is 2. The lowest BCUT2D eigenvalue weighted by Crippen LogP contribution is -2.14. The van der Waals surface area contributed by atoms with Crippen molar-refractivity contribution >= 4 is 45.7 Å². The van der Waals surface area contributed by atoms with Crippen LogP contribution in [0.15, 0.2) is 46.2 Å². The van der Waals surface area contributed by atoms with E-state index in [4.69, 9.17) is 5.11 Å². The molecule has 2 aromatic rings. The molecular weight excluding hydrogens is 346 g/mol. The Hall–Kier alpha value is -2.38. The third-order valence-electron chi connectivity index (χ3n) is 3.01. The zero-order valence-corrected chi connectivity index (χ0v) is 14.9. The zero-order chi connectivity index (χ0) is 17.9. The van der Waals surface area contributed by atoms with Gasteiger partial charge in [-0.25, -0.2) is 13.2 Å². The first kappa shape index (κ1) is 18.0. The molecule has 0 saturated carbocycles. The summed E-state index contributed by atoms with van der Waals surface area (Å²) in [5.74, 6) is -1.12. The number of nitrogens with one attached hydrogen (secondary N) is 1. The van der Waals surface area contributed by atoms with Gasteiger partial charge in [-0.3, -0.25) is 4.72 Å². The van der Waals surface area contributed by atoms with Gasteiger partial charge in [0.1, 0.15) is 4.21 Å². The highest BCUT2D eigenvalue weighted by Gasteiger charge is 2.17. The lowest BCUT2D eigenvalue weighted by Gasteiger charge is -2.06. The first-order valence-electron chi connectivity index (χ1n) is 6.99. The molecule has 0 atom stereocenters. The van der Waals surface area contributed by atoms with Crippen molar-refractivity contribution in [3.05, 3.63) is 57.3 Å². The number of thiophene rings is 1. The maximum Gasteiger partial charge on any atom is 0.335 e. The number of aromatic carboxylic acids is 1. The molecule has 0 unspecified atom stereocenters. The SMILES string of the molecule is C=c1cc(S(=O)(=O)Nc2cccc(C(=O)O)c2)s/c1=C/C=C(C)C. The molecule has 1 heterocycles. The molecule has 2 rings (SSSR count). The van der Waals surface area contributed by atoms with E-state index in [1.165, 1.54) is 30.3 Å². The first-order chi connectivity index (χ1) is 11.2. The summed E-state index contributed by atoms with van der Waals surface area (Å²) in [6, 6.07) is 7.15. The van der Waals surface area contributed by atoms with Crippen molar-refractivity contribution in [1.82, 2.24) is 0 Å². The minimum absolute atomic E-state index is 0.0109. The molecule has 0 amide bonds. The largest absolute Gasteiger partial charge is 0.478 e. The monoisotopic (exact) mass is 363 g/mol. The molecule has 0 aliphatic carbocycles. The third-order valence-corrected chi connectivity index (χ3v) is 6.01. The van der Waals surface area contributed by atoms with E-state index in [1.54, 1.807) is 0 Å². The zero-order valence-electron chi connectivity index (χ0n) is 13.2. The van der Waals surface area contributed by atoms with Gasteiger partial charge < -0.3 is 5.11 Å². The van der Waals surface area contributed by atoms with E-state index >= 15 is 0 Å². The van der Waals surface area contributed by atoms with Crippen molar-refractivity contribution in [2.45, 2.75) is 18.1 Å². The van der Waals surface area contributed by atoms with Crippen molar-refractivity contribution in [2.24, 2.45) is 0 Å². The van der Waals surface area contributed by atoms with Gasteiger partial charge in [0.05, 0.1) is 5.56 Å². The predicted octanol–water partition coefficient (Wildman–Crippen LogP) is 2.40. The van der Waals surface area contributed by atoms with Gasteiger partial charge in [0, 0.05) is 10.2 Å². The Kier molecular flexibility index (Phi) is 5.26. The second-order valence-electron chi connectivity index (χ2n) is 5.36. The number of sulfonamides is 1. The Labute approximate surface area is 144 Å². The van der Waals surface area contributed by atoms with Crippen molar-refractivity contribution in [1.29, 1.82) is 0 Å². The average Bonchev–Trinajstić information content (AvgIpc) is 2.87. The molecule has 0 aliphatic rings. The van der Waals surface area contributed by atoms with Gasteiger partial charge in [0.2, 0.25) is 0 Å². The van der Waals surface area contributed by atoms with Gasteiger partial charge in [-0.05, 0) is 49.4 Å². The van der Waals surface area contributed by atoms with E-state index in [9.17, 15) is 13.2 Å². The molecule has 7 heteroatoms. The Morgan fingerprint density at radius 2 is 2.00 bits per heavy atom. The van der Waals surface area contributed by atoms with Crippen LogP contribution in [-0.2, 0) is 10.0 Å². The van der Waals surface area contributed by atoms with Gasteiger partial charge in [0.15, 0.2) is 0 Å². The van der Waals surface area contributed by atoms with Crippen LogP contribution in [0.5, 0.6) is 0 Å². The van der Waals surface area contributed by atoms with E-state index in [0.29, 0.717) is 5.22 Å². The molecule has 0 aliphatic heterocycles. The number of carbonyl (C=O) groups is 1. The van der Waals surface area contributed by atoms with Crippen LogP contribution in [0.3, 0.4) is 0 Å². The molecule has 0 bridgehead atoms. The molecular formula is C17H17NO4S2. The molecule has 0 saturated heterocycles. The van der Waals surface area contributed by atoms with Crippen LogP contribution in [0.25, 0.3) is 12.7 Å². The van der Waals surface area contributed by atoms with E-state index in [-0.39, 0.29) is 15.5 Å². The Morgan fingerprint density at radius 3 is 2.62 bits per heavy atom. The van der Waals surface area contributed by atoms with Crippen LogP contribution in [0, 0.1) is 0 Å². The van der Waals surface area contributed by atoms with Gasteiger partial charge in [-0.1, -0.05) is 24.3 Å². The van der Waals surface area contributed by atoms with Gasteiger partial charge in [0.25, 0.3) is 10.0 Å². The minimum Gasteiger partial charge on any atom is -0.478 e. The van der Waals surface area contributed by atoms with Crippen molar-refractivity contribution in [3.8, 4) is 0 Å². The predicted molar refractivity (Wildman–Crippen MR) is 97.2 cm³/mol. The fraction of sp³-hybridized carbons (Fsp3) is 0.118. The van der Waals surface area contributed by atoms with Gasteiger partial charge in [-0.2, -0.15) is 0 Å². The minimum atomic E-state index is -3.80. The second kappa shape index (κ2) is 7.02. The molecule has 1 aromatic heterocycles. The summed E-state index contributed by atoms with van der Waals surface area (Å²) in [5, 5.41) is 9.60. The van der Waals surface area contributed by atoms with E-state index < -0.39 is 16.0 Å². The normalized spacial score (nSPS) is 12.0. The standard InChI is InChI=1S/C17H17NO4S2/c1-11(2)7-8-15-12(3)9-16(23-15)24(21,22)18-14-6-4-5-13(10-14)17(19)20/h4-10,18H,3H2,1-2H3,(H,19,20)/b15-8+. The highest BCUT2D eigenvalue weighted by molar-refractivity contribution is 7.94. The summed E-state index contributed by atoms with van der Waals surface area (Å²) < 4.78 is 28.2. The number of rotatable bonds is 5. The maximum atomic E-state index is 12.5. The summed E-state index contributed by atoms with van der Waals surface area (Å²) in [5.41, 5.74) is 1.30. The van der Waals surface area contributed by atoms with E-state index in [0.717, 1.165) is 21.4 Å². The molecule has 2 N–H and O–H groups in total. The molecule has 24 heavy (non-hydrogen) atoms. The molecule has 0 fully saturated rings. The highest BCUT2D eigenvalue weighted by atomic mass is 32.2. The summed E-state index contributed by atoms with van der Waals surface area (Å²) in [6.07, 6.45) is 3.72. The third kappa shape index (κ3) is 4.33.